The number of rotatable bonds is 4. The van der Waals surface area contributed by atoms with E-state index < -0.39 is 11.1 Å². The Morgan fingerprint density at radius 2 is 2.04 bits per heavy atom. The van der Waals surface area contributed by atoms with Crippen molar-refractivity contribution in [3.63, 3.8) is 0 Å². The number of hydrogen-bond acceptors (Lipinski definition) is 6. The Morgan fingerprint density at radius 3 is 2.54 bits per heavy atom. The van der Waals surface area contributed by atoms with Crippen molar-refractivity contribution in [1.29, 1.82) is 0 Å². The Balaban J connectivity index is 0.000000891. The van der Waals surface area contributed by atoms with Gasteiger partial charge in [0.1, 0.15) is 0 Å². The van der Waals surface area contributed by atoms with Crippen molar-refractivity contribution < 1.29 is 23.9 Å². The zero-order valence-electron chi connectivity index (χ0n) is 13.4. The smallest absolute Gasteiger partial charge is 0.253 e. The Bertz CT molecular complexity index is 565. The minimum absolute atomic E-state index is 0.0577. The maximum absolute atomic E-state index is 12.4. The van der Waals surface area contributed by atoms with E-state index in [-0.39, 0.29) is 22.4 Å². The minimum Gasteiger partial charge on any atom is -0.768 e. The van der Waals surface area contributed by atoms with Crippen molar-refractivity contribution in [2.24, 2.45) is 5.92 Å². The summed E-state index contributed by atoms with van der Waals surface area (Å²) in [6.07, 6.45) is 2.49. The molecule has 0 spiro atoms. The van der Waals surface area contributed by atoms with Crippen LogP contribution in [0.4, 0.5) is 0 Å². The molecule has 1 aromatic carbocycles. The quantitative estimate of drug-likeness (QED) is 0.540. The fraction of sp³-hybridized carbons (Fsp3) is 0.533. The first-order valence-corrected chi connectivity index (χ1v) is 8.99. The first-order chi connectivity index (χ1) is 11.4. The molecule has 0 radical (unpaired) electrons. The van der Waals surface area contributed by atoms with Gasteiger partial charge < -0.3 is 19.8 Å². The van der Waals surface area contributed by atoms with Crippen LogP contribution in [0.1, 0.15) is 29.6 Å². The second-order valence-electron chi connectivity index (χ2n) is 5.35. The number of benzene rings is 1. The summed E-state index contributed by atoms with van der Waals surface area (Å²) < 4.78 is 22.1. The molecular weight excluding hydrogens is 356 g/mol. The number of likely N-dealkylation sites (tertiary alicyclic amines) is 1. The van der Waals surface area contributed by atoms with Crippen LogP contribution in [0, 0.1) is 5.92 Å². The average Bonchev–Trinajstić information content (AvgIpc) is 2.56. The normalized spacial score (nSPS) is 16.3. The molecule has 3 N–H and O–H groups in total. The molecule has 1 saturated heterocycles. The van der Waals surface area contributed by atoms with Crippen LogP contribution >= 0.6 is 11.6 Å². The van der Waals surface area contributed by atoms with E-state index in [1.165, 1.54) is 19.2 Å². The molecule has 1 heterocycles. The van der Waals surface area contributed by atoms with Crippen molar-refractivity contribution >= 4 is 28.6 Å². The van der Waals surface area contributed by atoms with Crippen LogP contribution in [0.2, 0.25) is 5.02 Å². The first kappa shape index (κ1) is 21.0. The predicted molar refractivity (Wildman–Crippen MR) is 89.8 cm³/mol. The monoisotopic (exact) mass is 377 g/mol. The number of hydrogen-bond donors (Lipinski definition) is 3. The summed E-state index contributed by atoms with van der Waals surface area (Å²) in [5.41, 5.74) is 2.08. The zero-order valence-corrected chi connectivity index (χ0v) is 15.0. The van der Waals surface area contributed by atoms with Crippen molar-refractivity contribution in [3.05, 3.63) is 28.8 Å². The zero-order chi connectivity index (χ0) is 18.1. The second-order valence-corrected chi connectivity index (χ2v) is 6.67. The van der Waals surface area contributed by atoms with Gasteiger partial charge in [0.2, 0.25) is 0 Å². The highest BCUT2D eigenvalue weighted by Crippen LogP contribution is 2.24. The lowest BCUT2D eigenvalue weighted by Crippen LogP contribution is -2.38. The lowest BCUT2D eigenvalue weighted by molar-refractivity contribution is 0.0678. The maximum Gasteiger partial charge on any atom is 0.253 e. The summed E-state index contributed by atoms with van der Waals surface area (Å²) >= 11 is 3.33. The Kier molecular flexibility index (Phi) is 9.42. The molecule has 1 unspecified atom stereocenters. The van der Waals surface area contributed by atoms with Gasteiger partial charge in [0.25, 0.3) is 5.91 Å². The van der Waals surface area contributed by atoms with Gasteiger partial charge in [-0.05, 0) is 54.5 Å². The van der Waals surface area contributed by atoms with E-state index in [9.17, 15) is 13.6 Å². The second kappa shape index (κ2) is 10.8. The molecule has 0 saturated carbocycles. The van der Waals surface area contributed by atoms with Gasteiger partial charge in [0.15, 0.2) is 0 Å². The number of carbonyl (C=O) groups excluding carboxylic acids is 1. The predicted octanol–water partition coefficient (Wildman–Crippen LogP) is 1.41. The summed E-state index contributed by atoms with van der Waals surface area (Å²) in [5.74, 6) is 0.273. The van der Waals surface area contributed by atoms with E-state index in [4.69, 9.17) is 21.9 Å². The summed E-state index contributed by atoms with van der Waals surface area (Å²) in [4.78, 5) is 14.0. The molecule has 1 atom stereocenters. The molecule has 7 nitrogen and oxygen atoms in total. The lowest BCUT2D eigenvalue weighted by atomic mass is 9.93. The van der Waals surface area contributed by atoms with Crippen LogP contribution in [0.3, 0.4) is 0 Å². The van der Waals surface area contributed by atoms with Gasteiger partial charge in [0, 0.05) is 37.2 Å². The number of hydroxylamine groups is 1. The highest BCUT2D eigenvalue weighted by molar-refractivity contribution is 7.79. The van der Waals surface area contributed by atoms with Crippen LogP contribution in [0.15, 0.2) is 23.1 Å². The highest BCUT2D eigenvalue weighted by Gasteiger charge is 2.23. The average molecular weight is 378 g/mol. The minimum atomic E-state index is -2.46. The van der Waals surface area contributed by atoms with Crippen molar-refractivity contribution in [3.8, 4) is 0 Å². The van der Waals surface area contributed by atoms with Crippen LogP contribution in [-0.2, 0) is 11.1 Å². The van der Waals surface area contributed by atoms with Crippen LogP contribution in [0.5, 0.6) is 0 Å². The van der Waals surface area contributed by atoms with Gasteiger partial charge in [-0.2, -0.15) is 0 Å². The Morgan fingerprint density at radius 1 is 1.46 bits per heavy atom. The molecule has 9 heteroatoms. The number of amides is 1. The lowest BCUT2D eigenvalue weighted by Gasteiger charge is -2.32. The molecule has 0 bridgehead atoms. The molecule has 24 heavy (non-hydrogen) atoms. The first-order valence-electron chi connectivity index (χ1n) is 7.54. The fourth-order valence-corrected chi connectivity index (χ4v) is 3.31. The van der Waals surface area contributed by atoms with E-state index in [0.717, 1.165) is 19.3 Å². The van der Waals surface area contributed by atoms with Gasteiger partial charge >= 0.3 is 0 Å². The number of carbonyl (C=O) groups is 1. The summed E-state index contributed by atoms with van der Waals surface area (Å²) in [7, 11) is 1.43. The molecule has 1 fully saturated rings. The van der Waals surface area contributed by atoms with Crippen molar-refractivity contribution in [2.75, 3.05) is 26.7 Å². The SMILES string of the molecule is CNO.O=C(c1ccc(Cl)c(S(=O)[O-])c1)N1CCC(CCO)CC1. The third-order valence-corrected chi connectivity index (χ3v) is 4.94. The number of nitrogens with one attached hydrogen (secondary N) is 1. The summed E-state index contributed by atoms with van der Waals surface area (Å²) in [6, 6.07) is 4.28. The van der Waals surface area contributed by atoms with Gasteiger partial charge in [-0.1, -0.05) is 11.6 Å². The molecule has 1 aromatic rings. The Labute approximate surface area is 148 Å². The highest BCUT2D eigenvalue weighted by atomic mass is 35.5. The number of aliphatic hydroxyl groups excluding tert-OH is 1. The molecule has 1 amide bonds. The number of piperidine rings is 1. The van der Waals surface area contributed by atoms with Crippen molar-refractivity contribution in [2.45, 2.75) is 24.2 Å². The molecule has 1 aliphatic rings. The fourth-order valence-electron chi connectivity index (χ4n) is 2.55. The van der Waals surface area contributed by atoms with E-state index >= 15 is 0 Å². The molecule has 2 rings (SSSR count). The summed E-state index contributed by atoms with van der Waals surface area (Å²) in [6.45, 7) is 1.43. The van der Waals surface area contributed by atoms with E-state index in [2.05, 4.69) is 0 Å². The Hall–Kier alpha value is -1.03. The number of nitrogens with zero attached hydrogens (tertiary/aromatic N) is 1. The van der Waals surface area contributed by atoms with E-state index in [1.807, 2.05) is 0 Å². The third-order valence-electron chi connectivity index (χ3n) is 3.80. The number of halogens is 1. The standard InChI is InChI=1S/C14H18ClNO4S.CH5NO/c15-12-2-1-11(9-13(12)21(19)20)14(18)16-6-3-10(4-7-16)5-8-17;1-2-3/h1-2,9-10,17H,3-8H2,(H,19,20);2-3H,1H3/p-1. The molecule has 0 aliphatic carbocycles. The van der Waals surface area contributed by atoms with Crippen LogP contribution in [-0.4, -0.2) is 56.6 Å². The molecule has 1 aliphatic heterocycles. The molecule has 0 aromatic heterocycles. The number of aliphatic hydroxyl groups is 1. The largest absolute Gasteiger partial charge is 0.768 e. The van der Waals surface area contributed by atoms with Gasteiger partial charge in [0.05, 0.1) is 5.02 Å². The maximum atomic E-state index is 12.4. The van der Waals surface area contributed by atoms with Gasteiger partial charge in [-0.3, -0.25) is 9.00 Å². The van der Waals surface area contributed by atoms with Crippen LogP contribution in [0.25, 0.3) is 0 Å². The third kappa shape index (κ3) is 6.12. The van der Waals surface area contributed by atoms with Gasteiger partial charge in [-0.25, -0.2) is 5.48 Å². The molecular formula is C15H22ClN2O5S-. The van der Waals surface area contributed by atoms with Crippen molar-refractivity contribution in [1.82, 2.24) is 10.4 Å². The molecule has 136 valence electrons. The summed E-state index contributed by atoms with van der Waals surface area (Å²) in [5, 5.41) is 16.4. The van der Waals surface area contributed by atoms with Gasteiger partial charge in [-0.15, -0.1) is 0 Å². The topological polar surface area (TPSA) is 113 Å². The van der Waals surface area contributed by atoms with Crippen LogP contribution < -0.4 is 5.48 Å². The van der Waals surface area contributed by atoms with E-state index in [0.29, 0.717) is 24.6 Å². The van der Waals surface area contributed by atoms with E-state index in [1.54, 1.807) is 16.4 Å².